The number of rotatable bonds is 34. The molecular weight excluding hydrogens is 568 g/mol. The summed E-state index contributed by atoms with van der Waals surface area (Å²) in [7, 11) is 0. The smallest absolute Gasteiger partial charge is 0.305 e. The number of hydrogen-bond donors (Lipinski definition) is 2. The first-order chi connectivity index (χ1) is 21.7. The van der Waals surface area contributed by atoms with E-state index >= 15 is 0 Å². The van der Waals surface area contributed by atoms with Crippen molar-refractivity contribution in [3.8, 4) is 0 Å². The van der Waals surface area contributed by atoms with Crippen LogP contribution in [0, 0.1) is 11.8 Å². The van der Waals surface area contributed by atoms with Crippen molar-refractivity contribution < 1.29 is 34.0 Å². The lowest BCUT2D eigenvalue weighted by Gasteiger charge is -2.15. The quantitative estimate of drug-likeness (QED) is 0.0532. The summed E-state index contributed by atoms with van der Waals surface area (Å²) < 4.78 is 15.6. The van der Waals surface area contributed by atoms with E-state index in [4.69, 9.17) is 14.2 Å². The first-order valence-electron chi connectivity index (χ1n) is 19.0. The Hall–Kier alpha value is -1.18. The molecule has 0 aliphatic heterocycles. The van der Waals surface area contributed by atoms with Crippen LogP contribution >= 0.6 is 0 Å². The highest BCUT2D eigenvalue weighted by molar-refractivity contribution is 5.69. The topological polar surface area (TPSA) is 102 Å². The second kappa shape index (κ2) is 32.7. The number of carbonyl (C=O) groups excluding carboxylic acids is 2. The highest BCUT2D eigenvalue weighted by Crippen LogP contribution is 2.15. The number of esters is 2. The van der Waals surface area contributed by atoms with Crippen LogP contribution in [0.5, 0.6) is 0 Å². The van der Waals surface area contributed by atoms with Crippen molar-refractivity contribution in [2.24, 2.45) is 11.8 Å². The molecule has 0 heterocycles. The van der Waals surface area contributed by atoms with Gasteiger partial charge < -0.3 is 24.4 Å². The number of ether oxygens (including phenoxy) is 3. The minimum atomic E-state index is -0.955. The van der Waals surface area contributed by atoms with Gasteiger partial charge in [0.2, 0.25) is 0 Å². The van der Waals surface area contributed by atoms with Crippen LogP contribution in [-0.4, -0.2) is 60.8 Å². The molecule has 0 aliphatic rings. The molecule has 0 aromatic rings. The van der Waals surface area contributed by atoms with Crippen LogP contribution in [0.25, 0.3) is 0 Å². The average molecular weight is 643 g/mol. The Bertz CT molecular complexity index is 598. The normalized spacial score (nSPS) is 13.0. The van der Waals surface area contributed by atoms with Crippen molar-refractivity contribution in [3.63, 3.8) is 0 Å². The molecule has 0 fully saturated rings. The highest BCUT2D eigenvalue weighted by Gasteiger charge is 2.13. The van der Waals surface area contributed by atoms with E-state index in [1.165, 1.54) is 103 Å². The van der Waals surface area contributed by atoms with Gasteiger partial charge in [-0.05, 0) is 24.7 Å². The molecule has 0 aliphatic carbocycles. The largest absolute Gasteiger partial charge is 0.463 e. The van der Waals surface area contributed by atoms with Gasteiger partial charge in [0.05, 0.1) is 13.2 Å². The van der Waals surface area contributed by atoms with Gasteiger partial charge in [-0.15, -0.1) is 0 Å². The molecule has 0 amide bonds. The summed E-state index contributed by atoms with van der Waals surface area (Å²) >= 11 is 0. The maximum absolute atomic E-state index is 11.9. The molecule has 0 aromatic carbocycles. The Morgan fingerprint density at radius 3 is 0.978 bits per heavy atom. The number of carbonyl (C=O) groups is 2. The SMILES string of the molecule is CC(C)CCCCCCCCCCCCC(=O)OCC(O)COCC(O)COC(=O)CCCCCCCCCCCCC(C)C. The third-order valence-electron chi connectivity index (χ3n) is 8.32. The third kappa shape index (κ3) is 35.5. The van der Waals surface area contributed by atoms with Crippen molar-refractivity contribution in [1.82, 2.24) is 0 Å². The minimum Gasteiger partial charge on any atom is -0.463 e. The average Bonchev–Trinajstić information content (AvgIpc) is 2.99. The van der Waals surface area contributed by atoms with Gasteiger partial charge >= 0.3 is 11.9 Å². The number of aliphatic hydroxyl groups excluding tert-OH is 2. The Morgan fingerprint density at radius 1 is 0.422 bits per heavy atom. The summed E-state index contributed by atoms with van der Waals surface area (Å²) in [5.41, 5.74) is 0. The molecule has 7 nitrogen and oxygen atoms in total. The molecule has 45 heavy (non-hydrogen) atoms. The zero-order valence-electron chi connectivity index (χ0n) is 30.0. The minimum absolute atomic E-state index is 0.0614. The van der Waals surface area contributed by atoms with Gasteiger partial charge in [-0.3, -0.25) is 9.59 Å². The Kier molecular flexibility index (Phi) is 31.9. The zero-order chi connectivity index (χ0) is 33.4. The molecule has 0 rings (SSSR count). The van der Waals surface area contributed by atoms with Crippen LogP contribution in [0.15, 0.2) is 0 Å². The maximum atomic E-state index is 11.9. The molecule has 0 saturated carbocycles. The molecule has 0 aromatic heterocycles. The standard InChI is InChI=1S/C38H74O7/c1-33(2)25-21-17-13-9-5-7-11-15-19-23-27-37(41)44-31-35(39)29-43-30-36(40)32-45-38(42)28-24-20-16-12-8-6-10-14-18-22-26-34(3)4/h33-36,39-40H,5-32H2,1-4H3. The molecule has 0 saturated heterocycles. The van der Waals surface area contributed by atoms with E-state index < -0.39 is 12.2 Å². The van der Waals surface area contributed by atoms with Crippen LogP contribution in [-0.2, 0) is 23.8 Å². The predicted molar refractivity (Wildman–Crippen MR) is 185 cm³/mol. The summed E-state index contributed by atoms with van der Waals surface area (Å²) in [5, 5.41) is 20.0. The van der Waals surface area contributed by atoms with Crippen molar-refractivity contribution in [2.75, 3.05) is 26.4 Å². The van der Waals surface area contributed by atoms with Crippen molar-refractivity contribution in [3.05, 3.63) is 0 Å². The lowest BCUT2D eigenvalue weighted by Crippen LogP contribution is -2.28. The Balaban J connectivity index is 3.49. The molecule has 2 unspecified atom stereocenters. The fourth-order valence-electron chi connectivity index (χ4n) is 5.43. The molecule has 2 atom stereocenters. The maximum Gasteiger partial charge on any atom is 0.305 e. The lowest BCUT2D eigenvalue weighted by molar-refractivity contribution is -0.149. The van der Waals surface area contributed by atoms with Gasteiger partial charge in [0.1, 0.15) is 25.4 Å². The second-order valence-corrected chi connectivity index (χ2v) is 14.1. The van der Waals surface area contributed by atoms with Crippen LogP contribution in [0.3, 0.4) is 0 Å². The highest BCUT2D eigenvalue weighted by atomic mass is 16.6. The first-order valence-corrected chi connectivity index (χ1v) is 19.0. The van der Waals surface area contributed by atoms with Gasteiger partial charge in [-0.25, -0.2) is 0 Å². The second-order valence-electron chi connectivity index (χ2n) is 14.1. The molecule has 0 radical (unpaired) electrons. The van der Waals surface area contributed by atoms with Crippen LogP contribution in [0.2, 0.25) is 0 Å². The Morgan fingerprint density at radius 2 is 0.689 bits per heavy atom. The van der Waals surface area contributed by atoms with Crippen molar-refractivity contribution in [1.29, 1.82) is 0 Å². The van der Waals surface area contributed by atoms with E-state index in [9.17, 15) is 19.8 Å². The van der Waals surface area contributed by atoms with Gasteiger partial charge in [0.15, 0.2) is 0 Å². The summed E-state index contributed by atoms with van der Waals surface area (Å²) in [6.07, 6.45) is 25.9. The van der Waals surface area contributed by atoms with Crippen LogP contribution in [0.4, 0.5) is 0 Å². The lowest BCUT2D eigenvalue weighted by atomic mass is 10.0. The van der Waals surface area contributed by atoms with E-state index in [-0.39, 0.29) is 38.4 Å². The molecule has 0 spiro atoms. The summed E-state index contributed by atoms with van der Waals surface area (Å²) in [5.74, 6) is 1.04. The molecular formula is C38H74O7. The fraction of sp³-hybridized carbons (Fsp3) is 0.947. The van der Waals surface area contributed by atoms with Crippen molar-refractivity contribution >= 4 is 11.9 Å². The Labute approximate surface area is 277 Å². The van der Waals surface area contributed by atoms with E-state index in [1.807, 2.05) is 0 Å². The summed E-state index contributed by atoms with van der Waals surface area (Å²) in [6, 6.07) is 0. The van der Waals surface area contributed by atoms with Gasteiger partial charge in [0, 0.05) is 12.8 Å². The monoisotopic (exact) mass is 643 g/mol. The van der Waals surface area contributed by atoms with Gasteiger partial charge in [-0.2, -0.15) is 0 Å². The third-order valence-corrected chi connectivity index (χ3v) is 8.32. The van der Waals surface area contributed by atoms with Gasteiger partial charge in [-0.1, -0.05) is 156 Å². The van der Waals surface area contributed by atoms with E-state index in [0.29, 0.717) is 12.8 Å². The van der Waals surface area contributed by atoms with E-state index in [1.54, 1.807) is 0 Å². The van der Waals surface area contributed by atoms with Gasteiger partial charge in [0.25, 0.3) is 0 Å². The summed E-state index contributed by atoms with van der Waals surface area (Å²) in [4.78, 5) is 23.9. The van der Waals surface area contributed by atoms with Crippen LogP contribution < -0.4 is 0 Å². The fourth-order valence-corrected chi connectivity index (χ4v) is 5.43. The molecule has 268 valence electrons. The first kappa shape index (κ1) is 43.8. The van der Waals surface area contributed by atoms with Crippen LogP contribution in [0.1, 0.15) is 182 Å². The summed E-state index contributed by atoms with van der Waals surface area (Å²) in [6.45, 7) is 8.78. The number of aliphatic hydroxyl groups is 2. The zero-order valence-corrected chi connectivity index (χ0v) is 30.0. The predicted octanol–water partition coefficient (Wildman–Crippen LogP) is 9.49. The number of unbranched alkanes of at least 4 members (excludes halogenated alkanes) is 18. The van der Waals surface area contributed by atoms with E-state index in [0.717, 1.165) is 50.4 Å². The molecule has 2 N–H and O–H groups in total. The number of hydrogen-bond acceptors (Lipinski definition) is 7. The molecule has 7 heteroatoms. The van der Waals surface area contributed by atoms with Crippen molar-refractivity contribution in [2.45, 2.75) is 194 Å². The van der Waals surface area contributed by atoms with E-state index in [2.05, 4.69) is 27.7 Å². The molecule has 0 bridgehead atoms.